The molecule has 104 valence electrons. The van der Waals surface area contributed by atoms with Gasteiger partial charge in [-0.25, -0.2) is 0 Å². The van der Waals surface area contributed by atoms with E-state index in [2.05, 4.69) is 13.8 Å². The van der Waals surface area contributed by atoms with Gasteiger partial charge in [-0.2, -0.15) is 0 Å². The van der Waals surface area contributed by atoms with Crippen LogP contribution in [0.4, 0.5) is 5.69 Å². The summed E-state index contributed by atoms with van der Waals surface area (Å²) in [6, 6.07) is 5.58. The standard InChI is InChI=1S/C15H21ClN2O/c1-15(2)6-5-14(19)18(8-7-15)10-11-3-4-12(16)13(17)9-11/h3-4,9H,5-8,10,17H2,1-2H3. The number of nitrogens with two attached hydrogens (primary N) is 1. The number of hydrogen-bond acceptors (Lipinski definition) is 2. The number of hydrogen-bond donors (Lipinski definition) is 1. The van der Waals surface area contributed by atoms with Crippen LogP contribution in [0.2, 0.25) is 5.02 Å². The van der Waals surface area contributed by atoms with Crippen molar-refractivity contribution in [1.82, 2.24) is 4.90 Å². The van der Waals surface area contributed by atoms with Gasteiger partial charge in [-0.1, -0.05) is 31.5 Å². The third kappa shape index (κ3) is 3.63. The lowest BCUT2D eigenvalue weighted by atomic mass is 9.85. The summed E-state index contributed by atoms with van der Waals surface area (Å²) in [4.78, 5) is 14.1. The molecular formula is C15H21ClN2O. The van der Waals surface area contributed by atoms with Gasteiger partial charge in [-0.3, -0.25) is 4.79 Å². The molecule has 0 aromatic heterocycles. The van der Waals surface area contributed by atoms with Gasteiger partial charge in [0.1, 0.15) is 0 Å². The first kappa shape index (κ1) is 14.2. The topological polar surface area (TPSA) is 46.3 Å². The molecule has 1 aliphatic heterocycles. The smallest absolute Gasteiger partial charge is 0.222 e. The van der Waals surface area contributed by atoms with Gasteiger partial charge in [0.25, 0.3) is 0 Å². The number of halogens is 1. The van der Waals surface area contributed by atoms with Crippen LogP contribution in [0, 0.1) is 5.41 Å². The Bertz CT molecular complexity index is 485. The van der Waals surface area contributed by atoms with E-state index < -0.39 is 0 Å². The van der Waals surface area contributed by atoms with E-state index in [0.717, 1.165) is 24.9 Å². The average molecular weight is 281 g/mol. The van der Waals surface area contributed by atoms with Crippen LogP contribution < -0.4 is 5.73 Å². The highest BCUT2D eigenvalue weighted by atomic mass is 35.5. The molecule has 1 heterocycles. The molecule has 2 rings (SSSR count). The molecule has 0 saturated carbocycles. The maximum Gasteiger partial charge on any atom is 0.222 e. The molecular weight excluding hydrogens is 260 g/mol. The van der Waals surface area contributed by atoms with Crippen LogP contribution >= 0.6 is 11.6 Å². The highest BCUT2D eigenvalue weighted by molar-refractivity contribution is 6.33. The Morgan fingerprint density at radius 1 is 1.37 bits per heavy atom. The van der Waals surface area contributed by atoms with Gasteiger partial charge in [-0.05, 0) is 36.0 Å². The number of rotatable bonds is 2. The zero-order chi connectivity index (χ0) is 14.0. The van der Waals surface area contributed by atoms with Gasteiger partial charge < -0.3 is 10.6 Å². The average Bonchev–Trinajstić information content (AvgIpc) is 2.47. The van der Waals surface area contributed by atoms with Gasteiger partial charge in [0.2, 0.25) is 5.91 Å². The van der Waals surface area contributed by atoms with Gasteiger partial charge in [0.05, 0.1) is 10.7 Å². The number of anilines is 1. The Morgan fingerprint density at radius 2 is 2.11 bits per heavy atom. The lowest BCUT2D eigenvalue weighted by Crippen LogP contribution is -2.30. The second kappa shape index (κ2) is 5.41. The van der Waals surface area contributed by atoms with Crippen LogP contribution in [0.5, 0.6) is 0 Å². The maximum atomic E-state index is 12.1. The molecule has 1 fully saturated rings. The summed E-state index contributed by atoms with van der Waals surface area (Å²) in [7, 11) is 0. The van der Waals surface area contributed by atoms with Crippen molar-refractivity contribution >= 4 is 23.2 Å². The maximum absolute atomic E-state index is 12.1. The van der Waals surface area contributed by atoms with Gasteiger partial charge >= 0.3 is 0 Å². The summed E-state index contributed by atoms with van der Waals surface area (Å²) in [5.74, 6) is 0.235. The molecule has 0 aliphatic carbocycles. The Balaban J connectivity index is 2.09. The number of carbonyl (C=O) groups is 1. The minimum absolute atomic E-state index is 0.235. The van der Waals surface area contributed by atoms with Crippen LogP contribution in [0.1, 0.15) is 38.7 Å². The first-order chi connectivity index (χ1) is 8.87. The van der Waals surface area contributed by atoms with Crippen LogP contribution in [0.3, 0.4) is 0 Å². The number of benzene rings is 1. The van der Waals surface area contributed by atoms with Gasteiger partial charge in [-0.15, -0.1) is 0 Å². The Labute approximate surface area is 119 Å². The first-order valence-electron chi connectivity index (χ1n) is 6.69. The molecule has 1 aromatic carbocycles. The second-order valence-electron chi connectivity index (χ2n) is 6.09. The molecule has 2 N–H and O–H groups in total. The molecule has 0 atom stereocenters. The number of nitrogen functional groups attached to an aromatic ring is 1. The number of nitrogens with zero attached hydrogens (tertiary/aromatic N) is 1. The molecule has 1 aliphatic rings. The second-order valence-corrected chi connectivity index (χ2v) is 6.49. The van der Waals surface area contributed by atoms with Crippen molar-refractivity contribution in [3.05, 3.63) is 28.8 Å². The van der Waals surface area contributed by atoms with Crippen LogP contribution in [0.15, 0.2) is 18.2 Å². The molecule has 1 saturated heterocycles. The van der Waals surface area contributed by atoms with E-state index in [1.807, 2.05) is 17.0 Å². The van der Waals surface area contributed by atoms with Crippen molar-refractivity contribution in [2.24, 2.45) is 5.41 Å². The van der Waals surface area contributed by atoms with Crippen molar-refractivity contribution in [2.45, 2.75) is 39.7 Å². The summed E-state index contributed by atoms with van der Waals surface area (Å²) >= 11 is 5.91. The van der Waals surface area contributed by atoms with E-state index in [4.69, 9.17) is 17.3 Å². The normalized spacial score (nSPS) is 19.3. The van der Waals surface area contributed by atoms with Gasteiger partial charge in [0.15, 0.2) is 0 Å². The zero-order valence-electron chi connectivity index (χ0n) is 11.6. The molecule has 4 heteroatoms. The minimum atomic E-state index is 0.235. The molecule has 1 amide bonds. The largest absolute Gasteiger partial charge is 0.398 e. The number of likely N-dealkylation sites (tertiary alicyclic amines) is 1. The Kier molecular flexibility index (Phi) is 4.04. The van der Waals surface area contributed by atoms with E-state index in [9.17, 15) is 4.79 Å². The van der Waals surface area contributed by atoms with E-state index >= 15 is 0 Å². The van der Waals surface area contributed by atoms with Crippen molar-refractivity contribution in [2.75, 3.05) is 12.3 Å². The van der Waals surface area contributed by atoms with Crippen molar-refractivity contribution in [3.63, 3.8) is 0 Å². The highest BCUT2D eigenvalue weighted by Gasteiger charge is 2.27. The molecule has 3 nitrogen and oxygen atoms in total. The summed E-state index contributed by atoms with van der Waals surface area (Å²) in [5.41, 5.74) is 7.66. The van der Waals surface area contributed by atoms with E-state index in [1.54, 1.807) is 6.07 Å². The summed E-state index contributed by atoms with van der Waals surface area (Å²) in [6.07, 6.45) is 2.64. The molecule has 0 unspecified atom stereocenters. The summed E-state index contributed by atoms with van der Waals surface area (Å²) in [5, 5.41) is 0.562. The third-order valence-electron chi connectivity index (χ3n) is 3.86. The van der Waals surface area contributed by atoms with E-state index in [1.165, 1.54) is 0 Å². The van der Waals surface area contributed by atoms with E-state index in [0.29, 0.717) is 23.7 Å². The number of carbonyl (C=O) groups excluding carboxylic acids is 1. The SMILES string of the molecule is CC1(C)CCC(=O)N(Cc2ccc(Cl)c(N)c2)CC1. The zero-order valence-corrected chi connectivity index (χ0v) is 12.3. The van der Waals surface area contributed by atoms with Crippen molar-refractivity contribution < 1.29 is 4.79 Å². The molecule has 0 spiro atoms. The predicted molar refractivity (Wildman–Crippen MR) is 78.9 cm³/mol. The van der Waals surface area contributed by atoms with Crippen molar-refractivity contribution in [3.8, 4) is 0 Å². The lowest BCUT2D eigenvalue weighted by Gasteiger charge is -2.23. The van der Waals surface area contributed by atoms with Crippen LogP contribution in [-0.4, -0.2) is 17.4 Å². The third-order valence-corrected chi connectivity index (χ3v) is 4.20. The summed E-state index contributed by atoms with van der Waals surface area (Å²) < 4.78 is 0. The Morgan fingerprint density at radius 3 is 2.79 bits per heavy atom. The monoisotopic (exact) mass is 280 g/mol. The van der Waals surface area contributed by atoms with Crippen molar-refractivity contribution in [1.29, 1.82) is 0 Å². The molecule has 0 radical (unpaired) electrons. The predicted octanol–water partition coefficient (Wildman–Crippen LogP) is 3.46. The lowest BCUT2D eigenvalue weighted by molar-refractivity contribution is -0.131. The fraction of sp³-hybridized carbons (Fsp3) is 0.533. The number of amides is 1. The van der Waals surface area contributed by atoms with Gasteiger partial charge in [0, 0.05) is 19.5 Å². The van der Waals surface area contributed by atoms with E-state index in [-0.39, 0.29) is 11.3 Å². The molecule has 19 heavy (non-hydrogen) atoms. The first-order valence-corrected chi connectivity index (χ1v) is 7.07. The highest BCUT2D eigenvalue weighted by Crippen LogP contribution is 2.31. The molecule has 0 bridgehead atoms. The van der Waals surface area contributed by atoms with Crippen LogP contribution in [-0.2, 0) is 11.3 Å². The quantitative estimate of drug-likeness (QED) is 0.843. The fourth-order valence-corrected chi connectivity index (χ4v) is 2.49. The fourth-order valence-electron chi connectivity index (χ4n) is 2.37. The van der Waals surface area contributed by atoms with Crippen LogP contribution in [0.25, 0.3) is 0 Å². The minimum Gasteiger partial charge on any atom is -0.398 e. The summed E-state index contributed by atoms with van der Waals surface area (Å²) in [6.45, 7) is 5.89. The molecule has 1 aromatic rings. The Hall–Kier alpha value is -1.22.